The first-order valence-corrected chi connectivity index (χ1v) is 7.59. The minimum atomic E-state index is -1.13. The Bertz CT molecular complexity index is 400. The predicted octanol–water partition coefficient (Wildman–Crippen LogP) is 2.21. The summed E-state index contributed by atoms with van der Waals surface area (Å²) in [7, 11) is 0. The van der Waals surface area contributed by atoms with Crippen LogP contribution < -0.4 is 0 Å². The molecule has 1 aliphatic heterocycles. The number of benzene rings is 1. The fourth-order valence-electron chi connectivity index (χ4n) is 2.98. The van der Waals surface area contributed by atoms with E-state index in [-0.39, 0.29) is 13.3 Å². The van der Waals surface area contributed by atoms with Crippen molar-refractivity contribution in [2.45, 2.75) is 25.1 Å². The Kier molecular flexibility index (Phi) is 6.08. The Hall–Kier alpha value is -1.04. The van der Waals surface area contributed by atoms with E-state index in [2.05, 4.69) is 0 Å². The van der Waals surface area contributed by atoms with Crippen LogP contribution in [0.25, 0.3) is 0 Å². The Labute approximate surface area is 125 Å². The molecule has 0 spiro atoms. The number of halogens is 2. The summed E-state index contributed by atoms with van der Waals surface area (Å²) in [6.07, 6.45) is 1.27. The van der Waals surface area contributed by atoms with Crippen LogP contribution in [0.1, 0.15) is 18.4 Å². The van der Waals surface area contributed by atoms with Crippen LogP contribution in [0.4, 0.5) is 8.78 Å². The minimum Gasteiger partial charge on any atom is -0.362 e. The second-order valence-corrected chi connectivity index (χ2v) is 5.50. The highest BCUT2D eigenvalue weighted by Crippen LogP contribution is 2.28. The van der Waals surface area contributed by atoms with Crippen molar-refractivity contribution in [2.24, 2.45) is 0 Å². The average Bonchev–Trinajstić information content (AvgIpc) is 2.80. The molecule has 0 aromatic heterocycles. The maximum Gasteiger partial charge on any atom is 0.181 e. The van der Waals surface area contributed by atoms with Crippen molar-refractivity contribution < 1.29 is 13.9 Å². The summed E-state index contributed by atoms with van der Waals surface area (Å²) in [5.41, 5.74) is 1.03. The third-order valence-electron chi connectivity index (χ3n) is 4.06. The molecule has 0 amide bonds. The van der Waals surface area contributed by atoms with Crippen molar-refractivity contribution in [1.29, 1.82) is 0 Å². The van der Waals surface area contributed by atoms with E-state index >= 15 is 0 Å². The number of aliphatic hydroxyl groups is 1. The molecule has 1 fully saturated rings. The number of hydrogen-bond acceptors (Lipinski definition) is 3. The number of nitrogens with zero attached hydrogens (tertiary/aromatic N) is 2. The Balaban J connectivity index is 2.12. The molecule has 1 aromatic rings. The SMILES string of the molecule is OC1(Cc2ccccc2)N(CCCF)CCN1CCCF. The molecule has 0 radical (unpaired) electrons. The van der Waals surface area contributed by atoms with Crippen molar-refractivity contribution in [3.8, 4) is 0 Å². The molecule has 2 rings (SSSR count). The lowest BCUT2D eigenvalue weighted by Gasteiger charge is -2.39. The lowest BCUT2D eigenvalue weighted by atomic mass is 10.1. The van der Waals surface area contributed by atoms with Gasteiger partial charge in [0, 0.05) is 32.6 Å². The fraction of sp³-hybridized carbons (Fsp3) is 0.625. The molecular weight excluding hydrogens is 274 g/mol. The molecule has 0 atom stereocenters. The van der Waals surface area contributed by atoms with E-state index in [1.165, 1.54) is 0 Å². The van der Waals surface area contributed by atoms with Gasteiger partial charge in [0.15, 0.2) is 5.85 Å². The summed E-state index contributed by atoms with van der Waals surface area (Å²) in [5.74, 6) is -1.13. The maximum absolute atomic E-state index is 12.5. The van der Waals surface area contributed by atoms with Crippen LogP contribution in [0.3, 0.4) is 0 Å². The van der Waals surface area contributed by atoms with Crippen molar-refractivity contribution >= 4 is 0 Å². The third kappa shape index (κ3) is 3.99. The van der Waals surface area contributed by atoms with Crippen LogP contribution in [-0.4, -0.2) is 60.3 Å². The fourth-order valence-corrected chi connectivity index (χ4v) is 2.98. The van der Waals surface area contributed by atoms with Gasteiger partial charge in [0.2, 0.25) is 0 Å². The first-order valence-electron chi connectivity index (χ1n) is 7.59. The predicted molar refractivity (Wildman–Crippen MR) is 79.4 cm³/mol. The van der Waals surface area contributed by atoms with E-state index in [1.54, 1.807) is 0 Å². The van der Waals surface area contributed by atoms with Gasteiger partial charge in [-0.2, -0.15) is 0 Å². The zero-order valence-corrected chi connectivity index (χ0v) is 12.3. The number of alkyl halides is 2. The zero-order chi connectivity index (χ0) is 15.1. The van der Waals surface area contributed by atoms with E-state index in [1.807, 2.05) is 40.1 Å². The summed E-state index contributed by atoms with van der Waals surface area (Å²) < 4.78 is 24.9. The van der Waals surface area contributed by atoms with Gasteiger partial charge in [-0.3, -0.25) is 18.6 Å². The van der Waals surface area contributed by atoms with Gasteiger partial charge in [0.05, 0.1) is 13.3 Å². The van der Waals surface area contributed by atoms with Gasteiger partial charge < -0.3 is 5.11 Å². The topological polar surface area (TPSA) is 26.7 Å². The van der Waals surface area contributed by atoms with Gasteiger partial charge in [0.25, 0.3) is 0 Å². The molecule has 0 aliphatic carbocycles. The van der Waals surface area contributed by atoms with Crippen LogP contribution in [0.15, 0.2) is 30.3 Å². The van der Waals surface area contributed by atoms with E-state index < -0.39 is 5.85 Å². The third-order valence-corrected chi connectivity index (χ3v) is 4.06. The Morgan fingerprint density at radius 2 is 1.48 bits per heavy atom. The largest absolute Gasteiger partial charge is 0.362 e. The standard InChI is InChI=1S/C16H24F2N2O/c17-8-4-10-19-12-13-20(11-5-9-18)16(19,21)14-15-6-2-1-3-7-15/h1-3,6-7,21H,4-5,8-14H2. The summed E-state index contributed by atoms with van der Waals surface area (Å²) in [5, 5.41) is 11.1. The lowest BCUT2D eigenvalue weighted by Crippen LogP contribution is -2.55. The molecule has 0 saturated carbocycles. The van der Waals surface area contributed by atoms with Crippen molar-refractivity contribution in [1.82, 2.24) is 9.80 Å². The second kappa shape index (κ2) is 7.82. The van der Waals surface area contributed by atoms with Crippen LogP contribution in [-0.2, 0) is 6.42 Å². The monoisotopic (exact) mass is 298 g/mol. The number of hydrogen-bond donors (Lipinski definition) is 1. The van der Waals surface area contributed by atoms with Crippen molar-refractivity contribution in [3.05, 3.63) is 35.9 Å². The molecule has 1 heterocycles. The molecule has 1 saturated heterocycles. The van der Waals surface area contributed by atoms with Crippen molar-refractivity contribution in [3.63, 3.8) is 0 Å². The van der Waals surface area contributed by atoms with E-state index in [4.69, 9.17) is 0 Å². The summed E-state index contributed by atoms with van der Waals surface area (Å²) in [4.78, 5) is 3.83. The molecule has 118 valence electrons. The normalized spacial score (nSPS) is 19.2. The first kappa shape index (κ1) is 16.3. The number of rotatable bonds is 8. The van der Waals surface area contributed by atoms with E-state index in [0.29, 0.717) is 45.4 Å². The highest BCUT2D eigenvalue weighted by molar-refractivity contribution is 5.17. The zero-order valence-electron chi connectivity index (χ0n) is 12.3. The highest BCUT2D eigenvalue weighted by Gasteiger charge is 2.44. The van der Waals surface area contributed by atoms with Gasteiger partial charge in [-0.1, -0.05) is 30.3 Å². The Morgan fingerprint density at radius 3 is 1.95 bits per heavy atom. The second-order valence-electron chi connectivity index (χ2n) is 5.50. The van der Waals surface area contributed by atoms with Gasteiger partial charge in [-0.05, 0) is 18.4 Å². The van der Waals surface area contributed by atoms with Crippen LogP contribution in [0.5, 0.6) is 0 Å². The molecule has 0 unspecified atom stereocenters. The molecule has 5 heteroatoms. The molecular formula is C16H24F2N2O. The van der Waals surface area contributed by atoms with Gasteiger partial charge in [-0.15, -0.1) is 0 Å². The minimum absolute atomic E-state index is 0.387. The highest BCUT2D eigenvalue weighted by atomic mass is 19.1. The van der Waals surface area contributed by atoms with E-state index in [0.717, 1.165) is 5.56 Å². The molecule has 0 bridgehead atoms. The molecule has 21 heavy (non-hydrogen) atoms. The van der Waals surface area contributed by atoms with E-state index in [9.17, 15) is 13.9 Å². The summed E-state index contributed by atoms with van der Waals surface area (Å²) in [6.45, 7) is 1.65. The Morgan fingerprint density at radius 1 is 0.952 bits per heavy atom. The quantitative estimate of drug-likeness (QED) is 0.797. The van der Waals surface area contributed by atoms with Crippen LogP contribution >= 0.6 is 0 Å². The average molecular weight is 298 g/mol. The lowest BCUT2D eigenvalue weighted by molar-refractivity contribution is -0.172. The van der Waals surface area contributed by atoms with Crippen LogP contribution in [0.2, 0.25) is 0 Å². The van der Waals surface area contributed by atoms with Crippen molar-refractivity contribution in [2.75, 3.05) is 39.5 Å². The molecule has 1 aliphatic rings. The summed E-state index contributed by atoms with van der Waals surface area (Å²) >= 11 is 0. The van der Waals surface area contributed by atoms with Gasteiger partial charge in [-0.25, -0.2) is 0 Å². The van der Waals surface area contributed by atoms with Gasteiger partial charge in [0.1, 0.15) is 0 Å². The first-order chi connectivity index (χ1) is 10.2. The molecule has 1 aromatic carbocycles. The molecule has 3 nitrogen and oxygen atoms in total. The summed E-state index contributed by atoms with van der Waals surface area (Å²) in [6, 6.07) is 9.74. The maximum atomic E-state index is 12.5. The smallest absolute Gasteiger partial charge is 0.181 e. The van der Waals surface area contributed by atoms with Gasteiger partial charge >= 0.3 is 0 Å². The molecule has 1 N–H and O–H groups in total. The van der Waals surface area contributed by atoms with Crippen LogP contribution in [0, 0.1) is 0 Å².